The van der Waals surface area contributed by atoms with Crippen LogP contribution >= 0.6 is 11.3 Å². The van der Waals surface area contributed by atoms with Gasteiger partial charge in [-0.3, -0.25) is 4.79 Å². The maximum Gasteiger partial charge on any atom is 0.244 e. The Morgan fingerprint density at radius 2 is 2.37 bits per heavy atom. The summed E-state index contributed by atoms with van der Waals surface area (Å²) in [5.41, 5.74) is 9.99. The summed E-state index contributed by atoms with van der Waals surface area (Å²) in [7, 11) is 0. The summed E-state index contributed by atoms with van der Waals surface area (Å²) in [6.07, 6.45) is 3.25. The predicted octanol–water partition coefficient (Wildman–Crippen LogP) is 2.36. The number of carbonyl (C=O) groups excluding carboxylic acids is 1. The summed E-state index contributed by atoms with van der Waals surface area (Å²) < 4.78 is 0. The summed E-state index contributed by atoms with van der Waals surface area (Å²) in [4.78, 5) is 16.9. The van der Waals surface area contributed by atoms with Crippen molar-refractivity contribution in [1.82, 2.24) is 10.3 Å². The number of nitrogens with one attached hydrogen (secondary N) is 1. The minimum atomic E-state index is -0.129. The molecule has 0 aliphatic rings. The molecule has 0 bridgehead atoms. The molecule has 1 heterocycles. The average Bonchev–Trinajstić information content (AvgIpc) is 2.80. The van der Waals surface area contributed by atoms with Crippen LogP contribution in [0, 0.1) is 6.92 Å². The van der Waals surface area contributed by atoms with Gasteiger partial charge in [0.25, 0.3) is 0 Å². The summed E-state index contributed by atoms with van der Waals surface area (Å²) in [5, 5.41) is 2.82. The number of aryl methyl sites for hydroxylation is 1. The molecule has 1 aromatic heterocycles. The largest absolute Gasteiger partial charge is 0.399 e. The number of hydrogen-bond acceptors (Lipinski definition) is 4. The Hall–Kier alpha value is -2.14. The Bertz CT molecular complexity index is 604. The number of thiazole rings is 1. The second-order valence-electron chi connectivity index (χ2n) is 4.08. The van der Waals surface area contributed by atoms with Crippen LogP contribution in [0.4, 0.5) is 5.69 Å². The third kappa shape index (κ3) is 3.93. The predicted molar refractivity (Wildman–Crippen MR) is 78.6 cm³/mol. The van der Waals surface area contributed by atoms with Crippen LogP contribution in [0.1, 0.15) is 16.1 Å². The van der Waals surface area contributed by atoms with Crippen LogP contribution in [0.5, 0.6) is 0 Å². The van der Waals surface area contributed by atoms with Gasteiger partial charge in [0, 0.05) is 16.6 Å². The van der Waals surface area contributed by atoms with E-state index in [0.717, 1.165) is 16.1 Å². The molecule has 1 amide bonds. The number of hydrogen-bond donors (Lipinski definition) is 2. The van der Waals surface area contributed by atoms with Crippen molar-refractivity contribution in [3.8, 4) is 0 Å². The first-order valence-corrected chi connectivity index (χ1v) is 6.73. The highest BCUT2D eigenvalue weighted by Crippen LogP contribution is 2.11. The zero-order valence-corrected chi connectivity index (χ0v) is 11.4. The molecular formula is C14H15N3OS. The molecule has 0 radical (unpaired) electrons. The van der Waals surface area contributed by atoms with Gasteiger partial charge in [0.1, 0.15) is 0 Å². The number of aromatic nitrogens is 1. The number of benzene rings is 1. The maximum atomic E-state index is 11.7. The van der Waals surface area contributed by atoms with Gasteiger partial charge in [-0.2, -0.15) is 0 Å². The number of amides is 1. The number of nitrogens with zero attached hydrogens (tertiary/aromatic N) is 1. The van der Waals surface area contributed by atoms with Crippen molar-refractivity contribution in [2.75, 3.05) is 5.73 Å². The third-order valence-electron chi connectivity index (χ3n) is 2.61. The van der Waals surface area contributed by atoms with E-state index in [1.807, 2.05) is 31.2 Å². The Morgan fingerprint density at radius 3 is 3.05 bits per heavy atom. The van der Waals surface area contributed by atoms with Gasteiger partial charge in [-0.05, 0) is 30.7 Å². The van der Waals surface area contributed by atoms with Gasteiger partial charge in [0.05, 0.1) is 17.7 Å². The summed E-state index contributed by atoms with van der Waals surface area (Å²) >= 11 is 1.54. The molecule has 0 atom stereocenters. The molecule has 0 saturated carbocycles. The first-order valence-electron chi connectivity index (χ1n) is 5.85. The fourth-order valence-corrected chi connectivity index (χ4v) is 2.27. The fraction of sp³-hybridized carbons (Fsp3) is 0.143. The Labute approximate surface area is 116 Å². The van der Waals surface area contributed by atoms with E-state index >= 15 is 0 Å². The second-order valence-corrected chi connectivity index (χ2v) is 5.02. The lowest BCUT2D eigenvalue weighted by Gasteiger charge is -2.00. The molecule has 3 N–H and O–H groups in total. The van der Waals surface area contributed by atoms with Crippen molar-refractivity contribution in [2.24, 2.45) is 0 Å². The smallest absolute Gasteiger partial charge is 0.244 e. The van der Waals surface area contributed by atoms with Gasteiger partial charge >= 0.3 is 0 Å². The quantitative estimate of drug-likeness (QED) is 0.664. The van der Waals surface area contributed by atoms with E-state index < -0.39 is 0 Å². The number of rotatable bonds is 4. The van der Waals surface area contributed by atoms with Gasteiger partial charge in [-0.15, -0.1) is 11.3 Å². The zero-order chi connectivity index (χ0) is 13.7. The molecule has 0 unspecified atom stereocenters. The third-order valence-corrected chi connectivity index (χ3v) is 3.54. The van der Waals surface area contributed by atoms with Gasteiger partial charge < -0.3 is 11.1 Å². The van der Waals surface area contributed by atoms with Crippen molar-refractivity contribution >= 4 is 29.0 Å². The Balaban J connectivity index is 1.89. The first kappa shape index (κ1) is 13.3. The molecule has 0 saturated heterocycles. The summed E-state index contributed by atoms with van der Waals surface area (Å²) in [5.74, 6) is -0.129. The van der Waals surface area contributed by atoms with E-state index in [0.29, 0.717) is 12.2 Å². The molecule has 98 valence electrons. The van der Waals surface area contributed by atoms with E-state index in [-0.39, 0.29) is 5.91 Å². The second kappa shape index (κ2) is 6.15. The monoisotopic (exact) mass is 273 g/mol. The van der Waals surface area contributed by atoms with Crippen molar-refractivity contribution in [3.63, 3.8) is 0 Å². The zero-order valence-electron chi connectivity index (χ0n) is 10.6. The van der Waals surface area contributed by atoms with Crippen molar-refractivity contribution in [2.45, 2.75) is 13.5 Å². The van der Waals surface area contributed by atoms with Gasteiger partial charge in [0.2, 0.25) is 5.91 Å². The number of anilines is 1. The van der Waals surface area contributed by atoms with Crippen LogP contribution in [0.25, 0.3) is 6.08 Å². The normalized spacial score (nSPS) is 10.8. The van der Waals surface area contributed by atoms with Gasteiger partial charge in [-0.25, -0.2) is 4.98 Å². The molecule has 1 aromatic carbocycles. The molecular weight excluding hydrogens is 258 g/mol. The molecule has 4 nitrogen and oxygen atoms in total. The lowest BCUT2D eigenvalue weighted by Crippen LogP contribution is -2.20. The van der Waals surface area contributed by atoms with Crippen LogP contribution in [-0.2, 0) is 11.3 Å². The number of nitrogen functional groups attached to an aromatic ring is 1. The molecule has 2 rings (SSSR count). The lowest BCUT2D eigenvalue weighted by molar-refractivity contribution is -0.116. The van der Waals surface area contributed by atoms with E-state index in [9.17, 15) is 4.79 Å². The van der Waals surface area contributed by atoms with Gasteiger partial charge in [0.15, 0.2) is 0 Å². The fourth-order valence-electron chi connectivity index (χ4n) is 1.56. The molecule has 2 aromatic rings. The topological polar surface area (TPSA) is 68.0 Å². The van der Waals surface area contributed by atoms with Crippen LogP contribution in [-0.4, -0.2) is 10.9 Å². The SMILES string of the molecule is Cc1ncsc1CNC(=O)/C=C/c1cccc(N)c1. The molecule has 19 heavy (non-hydrogen) atoms. The van der Waals surface area contributed by atoms with E-state index in [4.69, 9.17) is 5.73 Å². The molecule has 5 heteroatoms. The molecule has 0 fully saturated rings. The minimum Gasteiger partial charge on any atom is -0.399 e. The van der Waals surface area contributed by atoms with E-state index in [1.165, 1.54) is 6.08 Å². The van der Waals surface area contributed by atoms with Crippen LogP contribution in [0.3, 0.4) is 0 Å². The standard InChI is InChI=1S/C14H15N3OS/c1-10-13(19-9-17-10)8-16-14(18)6-5-11-3-2-4-12(15)7-11/h2-7,9H,8,15H2,1H3,(H,16,18)/b6-5+. The highest BCUT2D eigenvalue weighted by atomic mass is 32.1. The maximum absolute atomic E-state index is 11.7. The molecule has 0 spiro atoms. The van der Waals surface area contributed by atoms with Crippen molar-refractivity contribution in [3.05, 3.63) is 52.0 Å². The highest BCUT2D eigenvalue weighted by Gasteiger charge is 2.02. The van der Waals surface area contributed by atoms with E-state index in [1.54, 1.807) is 22.9 Å². The van der Waals surface area contributed by atoms with Crippen molar-refractivity contribution in [1.29, 1.82) is 0 Å². The van der Waals surface area contributed by atoms with Crippen LogP contribution in [0.15, 0.2) is 35.9 Å². The van der Waals surface area contributed by atoms with Crippen LogP contribution in [0.2, 0.25) is 0 Å². The summed E-state index contributed by atoms with van der Waals surface area (Å²) in [6.45, 7) is 2.44. The van der Waals surface area contributed by atoms with Crippen LogP contribution < -0.4 is 11.1 Å². The lowest BCUT2D eigenvalue weighted by atomic mass is 10.2. The Kier molecular flexibility index (Phi) is 4.30. The first-order chi connectivity index (χ1) is 9.15. The van der Waals surface area contributed by atoms with E-state index in [2.05, 4.69) is 10.3 Å². The average molecular weight is 273 g/mol. The number of nitrogens with two attached hydrogens (primary N) is 1. The molecule has 0 aliphatic carbocycles. The van der Waals surface area contributed by atoms with Gasteiger partial charge in [-0.1, -0.05) is 12.1 Å². The molecule has 0 aliphatic heterocycles. The van der Waals surface area contributed by atoms with Crippen molar-refractivity contribution < 1.29 is 4.79 Å². The summed E-state index contributed by atoms with van der Waals surface area (Å²) in [6, 6.07) is 7.38. The Morgan fingerprint density at radius 1 is 1.53 bits per heavy atom. The highest BCUT2D eigenvalue weighted by molar-refractivity contribution is 7.09. The minimum absolute atomic E-state index is 0.129. The number of carbonyl (C=O) groups is 1.